The van der Waals surface area contributed by atoms with Crippen molar-refractivity contribution in [2.75, 3.05) is 19.6 Å². The fourth-order valence-electron chi connectivity index (χ4n) is 2.89. The summed E-state index contributed by atoms with van der Waals surface area (Å²) >= 11 is 3.39. The summed E-state index contributed by atoms with van der Waals surface area (Å²) in [5.74, 6) is 0.571. The van der Waals surface area contributed by atoms with E-state index < -0.39 is 0 Å². The Morgan fingerprint density at radius 3 is 2.75 bits per heavy atom. The molecular formula is C16H24BrFN2. The Hall–Kier alpha value is -0.450. The van der Waals surface area contributed by atoms with Crippen molar-refractivity contribution in [2.45, 2.75) is 39.3 Å². The predicted octanol–water partition coefficient (Wildman–Crippen LogP) is 3.80. The molecule has 0 aromatic heterocycles. The van der Waals surface area contributed by atoms with Crippen LogP contribution in [-0.2, 0) is 6.54 Å². The summed E-state index contributed by atoms with van der Waals surface area (Å²) in [4.78, 5) is 2.50. The fraction of sp³-hybridized carbons (Fsp3) is 0.625. The van der Waals surface area contributed by atoms with Gasteiger partial charge in [-0.15, -0.1) is 0 Å². The van der Waals surface area contributed by atoms with Crippen LogP contribution in [0.3, 0.4) is 0 Å². The molecule has 2 rings (SSSR count). The van der Waals surface area contributed by atoms with Crippen LogP contribution in [0.4, 0.5) is 4.39 Å². The van der Waals surface area contributed by atoms with Gasteiger partial charge in [0.15, 0.2) is 0 Å². The van der Waals surface area contributed by atoms with E-state index in [4.69, 9.17) is 0 Å². The number of benzene rings is 1. The van der Waals surface area contributed by atoms with Crippen LogP contribution in [0.5, 0.6) is 0 Å². The summed E-state index contributed by atoms with van der Waals surface area (Å²) in [5, 5.41) is 3.49. The van der Waals surface area contributed by atoms with Gasteiger partial charge < -0.3 is 10.2 Å². The molecule has 1 heterocycles. The second kappa shape index (κ2) is 7.53. The molecule has 1 atom stereocenters. The zero-order valence-electron chi connectivity index (χ0n) is 12.3. The first-order chi connectivity index (χ1) is 9.60. The molecule has 0 aliphatic carbocycles. The maximum Gasteiger partial charge on any atom is 0.127 e. The van der Waals surface area contributed by atoms with Gasteiger partial charge in [0.05, 0.1) is 0 Å². The van der Waals surface area contributed by atoms with Gasteiger partial charge in [0.2, 0.25) is 0 Å². The lowest BCUT2D eigenvalue weighted by Gasteiger charge is -2.34. The smallest absolute Gasteiger partial charge is 0.127 e. The average molecular weight is 343 g/mol. The third-order valence-corrected chi connectivity index (χ3v) is 4.90. The van der Waals surface area contributed by atoms with Crippen molar-refractivity contribution in [1.29, 1.82) is 0 Å². The average Bonchev–Trinajstić information content (AvgIpc) is 2.48. The molecule has 0 bridgehead atoms. The number of nitrogens with one attached hydrogen (secondary N) is 1. The van der Waals surface area contributed by atoms with E-state index in [1.807, 2.05) is 6.07 Å². The molecule has 112 valence electrons. The summed E-state index contributed by atoms with van der Waals surface area (Å²) in [6.07, 6.45) is 2.48. The van der Waals surface area contributed by atoms with Crippen molar-refractivity contribution in [2.24, 2.45) is 5.92 Å². The van der Waals surface area contributed by atoms with Gasteiger partial charge in [-0.25, -0.2) is 4.39 Å². The van der Waals surface area contributed by atoms with Crippen molar-refractivity contribution in [3.8, 4) is 0 Å². The number of nitrogens with zero attached hydrogens (tertiary/aromatic N) is 1. The van der Waals surface area contributed by atoms with E-state index in [0.717, 1.165) is 16.6 Å². The van der Waals surface area contributed by atoms with Crippen molar-refractivity contribution in [3.63, 3.8) is 0 Å². The lowest BCUT2D eigenvalue weighted by molar-refractivity contribution is 0.168. The maximum atomic E-state index is 13.7. The molecule has 4 heteroatoms. The van der Waals surface area contributed by atoms with E-state index in [9.17, 15) is 4.39 Å². The van der Waals surface area contributed by atoms with Gasteiger partial charge in [-0.3, -0.25) is 0 Å². The molecular weight excluding hydrogens is 319 g/mol. The Morgan fingerprint density at radius 1 is 1.40 bits per heavy atom. The molecule has 1 fully saturated rings. The molecule has 0 radical (unpaired) electrons. The number of hydrogen-bond donors (Lipinski definition) is 1. The van der Waals surface area contributed by atoms with Crippen LogP contribution in [0.2, 0.25) is 0 Å². The van der Waals surface area contributed by atoms with Gasteiger partial charge in [-0.05, 0) is 63.5 Å². The predicted molar refractivity (Wildman–Crippen MR) is 85.2 cm³/mol. The maximum absolute atomic E-state index is 13.7. The first kappa shape index (κ1) is 15.9. The largest absolute Gasteiger partial charge is 0.310 e. The molecule has 1 aromatic rings. The van der Waals surface area contributed by atoms with Crippen LogP contribution in [0.1, 0.15) is 32.3 Å². The molecule has 0 amide bonds. The van der Waals surface area contributed by atoms with Gasteiger partial charge in [0.25, 0.3) is 0 Å². The van der Waals surface area contributed by atoms with Crippen LogP contribution in [0.25, 0.3) is 0 Å². The minimum atomic E-state index is -0.131. The van der Waals surface area contributed by atoms with E-state index in [0.29, 0.717) is 18.5 Å². The Labute approximate surface area is 129 Å². The molecule has 1 aromatic carbocycles. The highest BCUT2D eigenvalue weighted by molar-refractivity contribution is 9.10. The van der Waals surface area contributed by atoms with Crippen molar-refractivity contribution in [1.82, 2.24) is 10.2 Å². The van der Waals surface area contributed by atoms with Crippen LogP contribution in [0.15, 0.2) is 22.7 Å². The van der Waals surface area contributed by atoms with Crippen molar-refractivity contribution >= 4 is 15.9 Å². The third kappa shape index (κ3) is 4.27. The van der Waals surface area contributed by atoms with Gasteiger partial charge >= 0.3 is 0 Å². The van der Waals surface area contributed by atoms with Crippen molar-refractivity contribution < 1.29 is 4.39 Å². The molecule has 0 spiro atoms. The van der Waals surface area contributed by atoms with E-state index in [2.05, 4.69) is 40.0 Å². The van der Waals surface area contributed by atoms with Crippen LogP contribution >= 0.6 is 15.9 Å². The Kier molecular flexibility index (Phi) is 6.00. The van der Waals surface area contributed by atoms with Gasteiger partial charge in [0.1, 0.15) is 5.82 Å². The summed E-state index contributed by atoms with van der Waals surface area (Å²) in [6, 6.07) is 5.55. The summed E-state index contributed by atoms with van der Waals surface area (Å²) in [6.45, 7) is 8.58. The van der Waals surface area contributed by atoms with Gasteiger partial charge in [-0.1, -0.05) is 22.9 Å². The van der Waals surface area contributed by atoms with Crippen LogP contribution < -0.4 is 5.32 Å². The standard InChI is InChI=1S/C16H24BrFN2/c1-3-20-8-6-13(7-9-20)12(2)19-11-14-10-15(17)4-5-16(14)18/h4-5,10,12-13,19H,3,6-9,11H2,1-2H3. The van der Waals surface area contributed by atoms with E-state index in [1.165, 1.54) is 32.0 Å². The number of hydrogen-bond acceptors (Lipinski definition) is 2. The quantitative estimate of drug-likeness (QED) is 0.875. The lowest BCUT2D eigenvalue weighted by atomic mass is 9.90. The number of rotatable bonds is 5. The van der Waals surface area contributed by atoms with Crippen molar-refractivity contribution in [3.05, 3.63) is 34.1 Å². The monoisotopic (exact) mass is 342 g/mol. The molecule has 1 aliphatic rings. The minimum Gasteiger partial charge on any atom is -0.310 e. The molecule has 1 saturated heterocycles. The molecule has 0 saturated carbocycles. The third-order valence-electron chi connectivity index (χ3n) is 4.41. The fourth-order valence-corrected chi connectivity index (χ4v) is 3.29. The highest BCUT2D eigenvalue weighted by Gasteiger charge is 2.22. The van der Waals surface area contributed by atoms with Crippen LogP contribution in [0, 0.1) is 11.7 Å². The second-order valence-electron chi connectivity index (χ2n) is 5.68. The number of likely N-dealkylation sites (tertiary alicyclic amines) is 1. The van der Waals surface area contributed by atoms with E-state index in [1.54, 1.807) is 6.07 Å². The minimum absolute atomic E-state index is 0.131. The zero-order valence-corrected chi connectivity index (χ0v) is 13.9. The lowest BCUT2D eigenvalue weighted by Crippen LogP contribution is -2.41. The Bertz CT molecular complexity index is 430. The molecule has 2 nitrogen and oxygen atoms in total. The summed E-state index contributed by atoms with van der Waals surface area (Å²) in [5.41, 5.74) is 0.734. The Morgan fingerprint density at radius 2 is 2.10 bits per heavy atom. The normalized spacial score (nSPS) is 19.2. The molecule has 1 unspecified atom stereocenters. The molecule has 1 aliphatic heterocycles. The second-order valence-corrected chi connectivity index (χ2v) is 6.59. The highest BCUT2D eigenvalue weighted by atomic mass is 79.9. The highest BCUT2D eigenvalue weighted by Crippen LogP contribution is 2.21. The van der Waals surface area contributed by atoms with Gasteiger partial charge in [-0.2, -0.15) is 0 Å². The molecule has 20 heavy (non-hydrogen) atoms. The van der Waals surface area contributed by atoms with Gasteiger partial charge in [0, 0.05) is 22.6 Å². The topological polar surface area (TPSA) is 15.3 Å². The number of halogens is 2. The Balaban J connectivity index is 1.83. The first-order valence-electron chi connectivity index (χ1n) is 7.49. The van der Waals surface area contributed by atoms with E-state index >= 15 is 0 Å². The summed E-state index contributed by atoms with van der Waals surface area (Å²) in [7, 11) is 0. The number of piperidine rings is 1. The molecule has 1 N–H and O–H groups in total. The summed E-state index contributed by atoms with van der Waals surface area (Å²) < 4.78 is 14.6. The zero-order chi connectivity index (χ0) is 14.5. The first-order valence-corrected chi connectivity index (χ1v) is 8.29. The van der Waals surface area contributed by atoms with Crippen LogP contribution in [-0.4, -0.2) is 30.6 Å². The SMILES string of the molecule is CCN1CCC(C(C)NCc2cc(Br)ccc2F)CC1. The van der Waals surface area contributed by atoms with E-state index in [-0.39, 0.29) is 5.82 Å².